The third-order valence-electron chi connectivity index (χ3n) is 3.12. The highest BCUT2D eigenvalue weighted by molar-refractivity contribution is 5.30. The van der Waals surface area contributed by atoms with E-state index >= 15 is 0 Å². The molecule has 7 heteroatoms. The minimum atomic E-state index is -4.57. The second kappa shape index (κ2) is 5.85. The molecule has 2 aromatic rings. The summed E-state index contributed by atoms with van der Waals surface area (Å²) in [6.45, 7) is 2.23. The van der Waals surface area contributed by atoms with Gasteiger partial charge in [-0.25, -0.2) is 4.39 Å². The molecule has 0 amide bonds. The second-order valence-corrected chi connectivity index (χ2v) is 4.82. The fourth-order valence-corrected chi connectivity index (χ4v) is 2.12. The van der Waals surface area contributed by atoms with Crippen LogP contribution >= 0.6 is 0 Å². The molecule has 21 heavy (non-hydrogen) atoms. The number of rotatable bonds is 4. The highest BCUT2D eigenvalue weighted by Crippen LogP contribution is 2.32. The predicted molar refractivity (Wildman–Crippen MR) is 69.9 cm³/mol. The lowest BCUT2D eigenvalue weighted by Crippen LogP contribution is -2.17. The normalized spacial score (nSPS) is 11.9. The maximum Gasteiger partial charge on any atom is 0.416 e. The molecule has 0 aliphatic rings. The van der Waals surface area contributed by atoms with Crippen molar-refractivity contribution in [2.45, 2.75) is 26.2 Å². The van der Waals surface area contributed by atoms with Gasteiger partial charge < -0.3 is 5.32 Å². The number of nitrogens with zero attached hydrogens (tertiary/aromatic N) is 2. The number of hydrogen-bond donors (Lipinski definition) is 1. The van der Waals surface area contributed by atoms with Gasteiger partial charge in [-0.05, 0) is 24.6 Å². The summed E-state index contributed by atoms with van der Waals surface area (Å²) in [6.07, 6.45) is -2.76. The van der Waals surface area contributed by atoms with Crippen LogP contribution in [0, 0.1) is 12.7 Å². The molecule has 1 aromatic heterocycles. The van der Waals surface area contributed by atoms with Crippen molar-refractivity contribution in [3.63, 3.8) is 0 Å². The molecule has 0 saturated carbocycles. The number of aromatic nitrogens is 2. The monoisotopic (exact) mass is 301 g/mol. The molecule has 2 rings (SSSR count). The molecule has 0 radical (unpaired) electrons. The highest BCUT2D eigenvalue weighted by atomic mass is 19.4. The Bertz CT molecular complexity index is 632. The van der Waals surface area contributed by atoms with Crippen LogP contribution in [-0.2, 0) is 26.3 Å². The zero-order valence-corrected chi connectivity index (χ0v) is 11.6. The van der Waals surface area contributed by atoms with Gasteiger partial charge in [-0.2, -0.15) is 18.3 Å². The lowest BCUT2D eigenvalue weighted by molar-refractivity contribution is -0.138. The first kappa shape index (κ1) is 15.5. The van der Waals surface area contributed by atoms with Gasteiger partial charge in [0.25, 0.3) is 0 Å². The summed E-state index contributed by atoms with van der Waals surface area (Å²) in [7, 11) is 1.78. The van der Waals surface area contributed by atoms with Crippen molar-refractivity contribution in [3.8, 4) is 0 Å². The SMILES string of the molecule is Cc1nn(C)cc1CNCc1ccc(F)cc1C(F)(F)F. The molecule has 0 unspecified atom stereocenters. The molecule has 0 spiro atoms. The van der Waals surface area contributed by atoms with Gasteiger partial charge in [0.1, 0.15) is 5.82 Å². The van der Waals surface area contributed by atoms with E-state index in [1.54, 1.807) is 17.9 Å². The molecule has 0 aliphatic carbocycles. The smallest absolute Gasteiger partial charge is 0.308 e. The second-order valence-electron chi connectivity index (χ2n) is 4.82. The molecule has 0 saturated heterocycles. The van der Waals surface area contributed by atoms with Crippen LogP contribution in [0.3, 0.4) is 0 Å². The average molecular weight is 301 g/mol. The van der Waals surface area contributed by atoms with Crippen molar-refractivity contribution in [1.29, 1.82) is 0 Å². The minimum Gasteiger partial charge on any atom is -0.308 e. The summed E-state index contributed by atoms with van der Waals surface area (Å²) in [5.41, 5.74) is 0.802. The van der Waals surface area contributed by atoms with Crippen LogP contribution < -0.4 is 5.32 Å². The number of hydrogen-bond acceptors (Lipinski definition) is 2. The van der Waals surface area contributed by atoms with E-state index in [1.807, 2.05) is 6.92 Å². The maximum absolute atomic E-state index is 13.0. The maximum atomic E-state index is 13.0. The highest BCUT2D eigenvalue weighted by Gasteiger charge is 2.33. The Morgan fingerprint density at radius 1 is 1.19 bits per heavy atom. The summed E-state index contributed by atoms with van der Waals surface area (Å²) in [6, 6.07) is 2.70. The molecule has 1 aromatic carbocycles. The van der Waals surface area contributed by atoms with E-state index in [0.717, 1.165) is 23.4 Å². The van der Waals surface area contributed by atoms with Crippen molar-refractivity contribution in [1.82, 2.24) is 15.1 Å². The van der Waals surface area contributed by atoms with Crippen LogP contribution in [0.5, 0.6) is 0 Å². The van der Waals surface area contributed by atoms with E-state index in [2.05, 4.69) is 10.4 Å². The molecule has 0 atom stereocenters. The Kier molecular flexibility index (Phi) is 4.32. The van der Waals surface area contributed by atoms with Crippen LogP contribution in [0.25, 0.3) is 0 Å². The minimum absolute atomic E-state index is 0.00343. The molecule has 0 fully saturated rings. The van der Waals surface area contributed by atoms with Crippen molar-refractivity contribution < 1.29 is 17.6 Å². The Hall–Kier alpha value is -1.89. The first-order chi connectivity index (χ1) is 9.77. The number of alkyl halides is 3. The molecule has 114 valence electrons. The van der Waals surface area contributed by atoms with E-state index in [4.69, 9.17) is 0 Å². The third-order valence-corrected chi connectivity index (χ3v) is 3.12. The number of benzene rings is 1. The van der Waals surface area contributed by atoms with Crippen LogP contribution in [0.15, 0.2) is 24.4 Å². The largest absolute Gasteiger partial charge is 0.416 e. The van der Waals surface area contributed by atoms with Crippen LogP contribution in [-0.4, -0.2) is 9.78 Å². The van der Waals surface area contributed by atoms with Gasteiger partial charge in [-0.15, -0.1) is 0 Å². The summed E-state index contributed by atoms with van der Waals surface area (Å²) >= 11 is 0. The van der Waals surface area contributed by atoms with Crippen molar-refractivity contribution >= 4 is 0 Å². The van der Waals surface area contributed by atoms with E-state index in [-0.39, 0.29) is 12.1 Å². The quantitative estimate of drug-likeness (QED) is 0.879. The number of halogens is 4. The van der Waals surface area contributed by atoms with Crippen LogP contribution in [0.4, 0.5) is 17.6 Å². The van der Waals surface area contributed by atoms with Crippen LogP contribution in [0.2, 0.25) is 0 Å². The zero-order chi connectivity index (χ0) is 15.6. The number of aryl methyl sites for hydroxylation is 2. The van der Waals surface area contributed by atoms with Crippen molar-refractivity contribution in [2.75, 3.05) is 0 Å². The molecule has 1 N–H and O–H groups in total. The molecule has 1 heterocycles. The van der Waals surface area contributed by atoms with E-state index in [9.17, 15) is 17.6 Å². The summed E-state index contributed by atoms with van der Waals surface area (Å²) < 4.78 is 53.1. The van der Waals surface area contributed by atoms with Gasteiger partial charge in [0, 0.05) is 31.9 Å². The van der Waals surface area contributed by atoms with E-state index in [1.165, 1.54) is 0 Å². The fourth-order valence-electron chi connectivity index (χ4n) is 2.12. The fraction of sp³-hybridized carbons (Fsp3) is 0.357. The van der Waals surface area contributed by atoms with Gasteiger partial charge in [-0.3, -0.25) is 4.68 Å². The van der Waals surface area contributed by atoms with Gasteiger partial charge >= 0.3 is 6.18 Å². The van der Waals surface area contributed by atoms with Crippen molar-refractivity contribution in [2.24, 2.45) is 7.05 Å². The molecule has 0 bridgehead atoms. The standard InChI is InChI=1S/C14H15F4N3/c1-9-11(8-21(2)20-9)7-19-6-10-3-4-12(15)5-13(10)14(16,17)18/h3-5,8,19H,6-7H2,1-2H3. The topological polar surface area (TPSA) is 29.9 Å². The summed E-state index contributed by atoms with van der Waals surface area (Å²) in [5, 5.41) is 7.08. The van der Waals surface area contributed by atoms with E-state index < -0.39 is 17.6 Å². The van der Waals surface area contributed by atoms with Crippen LogP contribution in [0.1, 0.15) is 22.4 Å². The first-order valence-electron chi connectivity index (χ1n) is 6.33. The van der Waals surface area contributed by atoms with Gasteiger partial charge in [-0.1, -0.05) is 6.07 Å². The van der Waals surface area contributed by atoms with Gasteiger partial charge in [0.2, 0.25) is 0 Å². The zero-order valence-electron chi connectivity index (χ0n) is 11.6. The Balaban J connectivity index is 2.08. The van der Waals surface area contributed by atoms with Gasteiger partial charge in [0.05, 0.1) is 11.3 Å². The molecular weight excluding hydrogens is 286 g/mol. The van der Waals surface area contributed by atoms with Crippen molar-refractivity contribution in [3.05, 3.63) is 52.6 Å². The Labute approximate surface area is 119 Å². The summed E-state index contributed by atoms with van der Waals surface area (Å²) in [4.78, 5) is 0. The predicted octanol–water partition coefficient (Wildman–Crippen LogP) is 3.18. The average Bonchev–Trinajstić information content (AvgIpc) is 2.68. The van der Waals surface area contributed by atoms with Gasteiger partial charge in [0.15, 0.2) is 0 Å². The van der Waals surface area contributed by atoms with E-state index in [0.29, 0.717) is 12.6 Å². The first-order valence-corrected chi connectivity index (χ1v) is 6.33. The third kappa shape index (κ3) is 3.81. The Morgan fingerprint density at radius 3 is 2.43 bits per heavy atom. The molecule has 3 nitrogen and oxygen atoms in total. The summed E-state index contributed by atoms with van der Waals surface area (Å²) in [5.74, 6) is -0.894. The molecule has 0 aliphatic heterocycles. The molecular formula is C14H15F4N3. The lowest BCUT2D eigenvalue weighted by Gasteiger charge is -2.13. The lowest BCUT2D eigenvalue weighted by atomic mass is 10.1. The Morgan fingerprint density at radius 2 is 1.86 bits per heavy atom. The number of nitrogens with one attached hydrogen (secondary N) is 1.